The molecule has 1 heterocycles. The molecule has 0 bridgehead atoms. The summed E-state index contributed by atoms with van der Waals surface area (Å²) in [4.78, 5) is 3.69. The molecule has 0 amide bonds. The Morgan fingerprint density at radius 2 is 1.93 bits per heavy atom. The minimum absolute atomic E-state index is 0.446. The van der Waals surface area contributed by atoms with Gasteiger partial charge in [0.25, 0.3) is 6.35 Å². The quantitative estimate of drug-likeness (QED) is 0.671. The minimum atomic E-state index is -4.72. The van der Waals surface area contributed by atoms with Crippen LogP contribution in [0, 0.1) is 0 Å². The predicted octanol–water partition coefficient (Wildman–Crippen LogP) is 0.482. The van der Waals surface area contributed by atoms with Gasteiger partial charge in [-0.15, -0.1) is 13.2 Å². The maximum Gasteiger partial charge on any atom is 0.525 e. The fourth-order valence-electron chi connectivity index (χ4n) is 1.19. The molecule has 0 saturated heterocycles. The highest BCUT2D eigenvalue weighted by atomic mass is 19.4. The Labute approximate surface area is 82.9 Å². The third-order valence-electron chi connectivity index (χ3n) is 1.77. The molecule has 79 valence electrons. The van der Waals surface area contributed by atoms with E-state index in [1.807, 2.05) is 0 Å². The smallest absolute Gasteiger partial charge is 0.245 e. The largest absolute Gasteiger partial charge is 0.525 e. The van der Waals surface area contributed by atoms with Crippen LogP contribution in [0.5, 0.6) is 0 Å². The number of alkyl halides is 3. The lowest BCUT2D eigenvalue weighted by atomic mass is 10.3. The lowest BCUT2D eigenvalue weighted by Crippen LogP contribution is -2.39. The van der Waals surface area contributed by atoms with Gasteiger partial charge in [0.2, 0.25) is 0 Å². The van der Waals surface area contributed by atoms with Crippen LogP contribution in [0.3, 0.4) is 0 Å². The van der Waals surface area contributed by atoms with Gasteiger partial charge in [-0.3, -0.25) is 0 Å². The molecule has 2 rings (SSSR count). The van der Waals surface area contributed by atoms with Crippen LogP contribution in [0.1, 0.15) is 0 Å². The maximum absolute atomic E-state index is 11.9. The third-order valence-corrected chi connectivity index (χ3v) is 1.77. The summed E-state index contributed by atoms with van der Waals surface area (Å²) in [5.41, 5.74) is 0. The molecule has 1 aromatic rings. The van der Waals surface area contributed by atoms with Crippen LogP contribution in [-0.2, 0) is 4.74 Å². The molecule has 1 aliphatic heterocycles. The van der Waals surface area contributed by atoms with Gasteiger partial charge in [-0.1, -0.05) is 18.2 Å². The fourth-order valence-corrected chi connectivity index (χ4v) is 1.19. The first-order valence-corrected chi connectivity index (χ1v) is 4.12. The second-order valence-electron chi connectivity index (χ2n) is 2.86. The van der Waals surface area contributed by atoms with E-state index in [1.54, 1.807) is 24.3 Å². The zero-order valence-electron chi connectivity index (χ0n) is 7.40. The summed E-state index contributed by atoms with van der Waals surface area (Å²) in [5, 5.41) is 4.65. The van der Waals surface area contributed by atoms with Crippen molar-refractivity contribution in [1.29, 1.82) is 0 Å². The Morgan fingerprint density at radius 1 is 1.20 bits per heavy atom. The molecular formula is C9H6F3N2O. The Morgan fingerprint density at radius 3 is 2.67 bits per heavy atom. The Balaban J connectivity index is 2.27. The predicted molar refractivity (Wildman–Crippen MR) is 44.8 cm³/mol. The van der Waals surface area contributed by atoms with Crippen molar-refractivity contribution in [3.8, 4) is 0 Å². The molecule has 1 atom stereocenters. The van der Waals surface area contributed by atoms with Gasteiger partial charge in [-0.25, -0.2) is 15.0 Å². The molecule has 1 aromatic carbocycles. The van der Waals surface area contributed by atoms with Gasteiger partial charge in [0, 0.05) is 11.4 Å². The highest BCUT2D eigenvalue weighted by Crippen LogP contribution is 2.18. The fraction of sp³-hybridized carbons (Fsp3) is 0.222. The summed E-state index contributed by atoms with van der Waals surface area (Å²) in [6.45, 7) is 0. The number of hydrogen-bond acceptors (Lipinski definition) is 2. The van der Waals surface area contributed by atoms with Crippen LogP contribution in [0.25, 0.3) is 6.20 Å². The van der Waals surface area contributed by atoms with Gasteiger partial charge >= 0.3 is 6.36 Å². The summed E-state index contributed by atoms with van der Waals surface area (Å²) >= 11 is 0. The highest BCUT2D eigenvalue weighted by molar-refractivity contribution is 5.23. The summed E-state index contributed by atoms with van der Waals surface area (Å²) in [6, 6.07) is 6.76. The van der Waals surface area contributed by atoms with E-state index in [2.05, 4.69) is 15.0 Å². The van der Waals surface area contributed by atoms with Crippen LogP contribution in [-0.4, -0.2) is 12.7 Å². The third kappa shape index (κ3) is 2.47. The monoisotopic (exact) mass is 215 g/mol. The molecule has 0 spiro atoms. The zero-order valence-corrected chi connectivity index (χ0v) is 7.40. The number of hydrogen-bond donors (Lipinski definition) is 0. The van der Waals surface area contributed by atoms with E-state index in [9.17, 15) is 13.2 Å². The summed E-state index contributed by atoms with van der Waals surface area (Å²) < 4.78 is 39.3. The first-order valence-electron chi connectivity index (χ1n) is 4.12. The maximum atomic E-state index is 11.9. The van der Waals surface area contributed by atoms with Crippen LogP contribution >= 0.6 is 0 Å². The van der Waals surface area contributed by atoms with Crippen molar-refractivity contribution < 1.29 is 17.9 Å². The van der Waals surface area contributed by atoms with Crippen LogP contribution < -0.4 is 15.9 Å². The van der Waals surface area contributed by atoms with E-state index in [4.69, 9.17) is 0 Å². The van der Waals surface area contributed by atoms with E-state index in [0.717, 1.165) is 0 Å². The normalized spacial score (nSPS) is 19.5. The van der Waals surface area contributed by atoms with E-state index < -0.39 is 12.7 Å². The van der Waals surface area contributed by atoms with E-state index in [1.165, 1.54) is 6.20 Å². The van der Waals surface area contributed by atoms with Crippen molar-refractivity contribution in [3.05, 3.63) is 34.8 Å². The van der Waals surface area contributed by atoms with Crippen molar-refractivity contribution in [2.24, 2.45) is 4.99 Å². The molecule has 3 nitrogen and oxygen atoms in total. The minimum Gasteiger partial charge on any atom is -0.245 e. The van der Waals surface area contributed by atoms with Crippen molar-refractivity contribution in [3.63, 3.8) is 0 Å². The van der Waals surface area contributed by atoms with Gasteiger partial charge in [0.15, 0.2) is 0 Å². The molecule has 15 heavy (non-hydrogen) atoms. The Bertz CT molecular complexity index is 469. The molecule has 0 aromatic heterocycles. The first kappa shape index (κ1) is 9.97. The average molecular weight is 215 g/mol. The molecule has 1 unspecified atom stereocenters. The lowest BCUT2D eigenvalue weighted by molar-refractivity contribution is -0.344. The van der Waals surface area contributed by atoms with Crippen molar-refractivity contribution >= 4 is 6.20 Å². The number of para-hydroxylation sites is 1. The van der Waals surface area contributed by atoms with Crippen molar-refractivity contribution in [2.75, 3.05) is 0 Å². The lowest BCUT2D eigenvalue weighted by Gasteiger charge is -2.15. The molecule has 0 N–H and O–H groups in total. The first-order chi connectivity index (χ1) is 7.04. The summed E-state index contributed by atoms with van der Waals surface area (Å²) in [7, 11) is 0. The van der Waals surface area contributed by atoms with Crippen molar-refractivity contribution in [1.82, 2.24) is 5.32 Å². The number of benzene rings is 1. The van der Waals surface area contributed by atoms with Crippen molar-refractivity contribution in [2.45, 2.75) is 12.7 Å². The highest BCUT2D eigenvalue weighted by Gasteiger charge is 2.34. The Kier molecular flexibility index (Phi) is 2.36. The van der Waals surface area contributed by atoms with Gasteiger partial charge < -0.3 is 0 Å². The molecule has 6 heteroatoms. The second kappa shape index (κ2) is 3.54. The Hall–Kier alpha value is -1.56. The molecule has 0 aliphatic carbocycles. The number of halogens is 3. The van der Waals surface area contributed by atoms with Crippen LogP contribution in [0.4, 0.5) is 13.2 Å². The van der Waals surface area contributed by atoms with Gasteiger partial charge in [-0.05, 0) is 6.07 Å². The van der Waals surface area contributed by atoms with E-state index in [-0.39, 0.29) is 0 Å². The van der Waals surface area contributed by atoms with Crippen LogP contribution in [0.2, 0.25) is 0 Å². The van der Waals surface area contributed by atoms with Crippen LogP contribution in [0.15, 0.2) is 29.3 Å². The van der Waals surface area contributed by atoms with Gasteiger partial charge in [0.1, 0.15) is 0 Å². The number of nitrogens with zero attached hydrogens (tertiary/aromatic N) is 2. The van der Waals surface area contributed by atoms with Gasteiger partial charge in [0.05, 0.1) is 5.36 Å². The number of ether oxygens (including phenoxy) is 1. The second-order valence-corrected chi connectivity index (χ2v) is 2.86. The molecule has 1 radical (unpaired) electrons. The van der Waals surface area contributed by atoms with E-state index in [0.29, 0.717) is 10.6 Å². The number of fused-ring (bicyclic) bond motifs is 1. The molecular weight excluding hydrogens is 209 g/mol. The zero-order chi connectivity index (χ0) is 10.9. The standard InChI is InChI=1S/C9H6F3N2O/c10-9(11,12)15-8-13-5-6-3-1-2-4-7(6)14-8/h1-5,8H. The van der Waals surface area contributed by atoms with E-state index >= 15 is 0 Å². The average Bonchev–Trinajstić information content (AvgIpc) is 2.15. The van der Waals surface area contributed by atoms with Gasteiger partial charge in [-0.2, -0.15) is 0 Å². The molecule has 1 aliphatic rings. The SMILES string of the molecule is FC(F)(F)OC1[N]C=c2ccccc2=N1. The summed E-state index contributed by atoms with van der Waals surface area (Å²) in [5.74, 6) is 0. The number of rotatable bonds is 1. The summed E-state index contributed by atoms with van der Waals surface area (Å²) in [6.07, 6.45) is -4.93. The topological polar surface area (TPSA) is 35.7 Å². The molecule has 0 fully saturated rings. The molecule has 0 saturated carbocycles.